The summed E-state index contributed by atoms with van der Waals surface area (Å²) in [5.74, 6) is 3.99. The molecular formula is C31H41N2O2S2+. The highest BCUT2D eigenvalue weighted by molar-refractivity contribution is 7.99. The molecule has 6 heteroatoms. The van der Waals surface area contributed by atoms with Gasteiger partial charge in [-0.2, -0.15) is 11.8 Å². The lowest BCUT2D eigenvalue weighted by Crippen LogP contribution is -2.32. The van der Waals surface area contributed by atoms with Gasteiger partial charge < -0.3 is 9.64 Å². The maximum absolute atomic E-state index is 14.1. The fourth-order valence-electron chi connectivity index (χ4n) is 4.96. The molecule has 2 atom stereocenters. The standard InChI is InChI=1S/C31H40N2O2S2/c1-3-36-22-21-35-31-29(32-19-20-33(24-32)37-23-27-14-8-5-9-15-27)16-10-11-25(2)28(30(31)34)18-17-26-12-6-4-7-13-26/h4-10,12-16,25,28H,3,11,17-24H2,1-2H3/p+1. The van der Waals surface area contributed by atoms with Crippen LogP contribution in [-0.4, -0.2) is 52.9 Å². The number of aryl methyl sites for hydroxylation is 1. The zero-order valence-corrected chi connectivity index (χ0v) is 23.9. The lowest BCUT2D eigenvalue weighted by molar-refractivity contribution is -0.124. The van der Waals surface area contributed by atoms with Crippen molar-refractivity contribution in [3.05, 3.63) is 95.4 Å². The molecule has 2 unspecified atom stereocenters. The van der Waals surface area contributed by atoms with Crippen LogP contribution in [-0.2, 0) is 33.7 Å². The number of benzene rings is 2. The number of nitrogens with zero attached hydrogens (tertiary/aromatic N) is 2. The summed E-state index contributed by atoms with van der Waals surface area (Å²) in [6.07, 6.45) is 7.09. The summed E-state index contributed by atoms with van der Waals surface area (Å²) in [4.78, 5) is 16.4. The predicted molar refractivity (Wildman–Crippen MR) is 159 cm³/mol. The van der Waals surface area contributed by atoms with Gasteiger partial charge in [-0.1, -0.05) is 80.6 Å². The van der Waals surface area contributed by atoms with E-state index in [1.165, 1.54) is 23.1 Å². The minimum absolute atomic E-state index is 0.0381. The first kappa shape index (κ1) is 27.9. The number of thiol groups is 1. The second-order valence-electron chi connectivity index (χ2n) is 9.79. The lowest BCUT2D eigenvalue weighted by atomic mass is 9.81. The molecule has 1 fully saturated rings. The quantitative estimate of drug-likeness (QED) is 0.192. The van der Waals surface area contributed by atoms with Crippen molar-refractivity contribution in [2.24, 2.45) is 11.8 Å². The first-order valence-electron chi connectivity index (χ1n) is 13.6. The Morgan fingerprint density at radius 3 is 2.49 bits per heavy atom. The maximum atomic E-state index is 14.1. The van der Waals surface area contributed by atoms with E-state index in [-0.39, 0.29) is 17.6 Å². The van der Waals surface area contributed by atoms with Gasteiger partial charge in [0.25, 0.3) is 0 Å². The van der Waals surface area contributed by atoms with Crippen molar-refractivity contribution in [2.45, 2.75) is 38.9 Å². The fourth-order valence-corrected chi connectivity index (χ4v) is 6.50. The van der Waals surface area contributed by atoms with Crippen molar-refractivity contribution in [1.29, 1.82) is 0 Å². The molecule has 2 aliphatic rings. The molecule has 0 spiro atoms. The molecule has 4 rings (SSSR count). The SMILES string of the molecule is CCSCCOC1=C(N2CCN([SH+]Cc3ccccc3)C2)C=CCC(C)C(CCc2ccccc2)C1=O. The highest BCUT2D eigenvalue weighted by Gasteiger charge is 2.35. The molecule has 37 heavy (non-hydrogen) atoms. The minimum atomic E-state index is -0.0381. The number of hydrogen-bond donors (Lipinski definition) is 0. The van der Waals surface area contributed by atoms with Gasteiger partial charge in [0.2, 0.25) is 5.78 Å². The van der Waals surface area contributed by atoms with Gasteiger partial charge in [0, 0.05) is 23.8 Å². The number of allylic oxidation sites excluding steroid dienone is 3. The summed E-state index contributed by atoms with van der Waals surface area (Å²) >= 11 is 3.16. The Labute approximate surface area is 231 Å². The molecule has 0 aromatic heterocycles. The third-order valence-corrected chi connectivity index (χ3v) is 9.22. The number of rotatable bonds is 12. The minimum Gasteiger partial charge on any atom is -0.487 e. The summed E-state index contributed by atoms with van der Waals surface area (Å²) in [7, 11) is 0. The van der Waals surface area contributed by atoms with E-state index in [9.17, 15) is 4.79 Å². The monoisotopic (exact) mass is 537 g/mol. The van der Waals surface area contributed by atoms with Gasteiger partial charge in [-0.3, -0.25) is 4.79 Å². The molecule has 0 bridgehead atoms. The van der Waals surface area contributed by atoms with Crippen molar-refractivity contribution in [3.63, 3.8) is 0 Å². The van der Waals surface area contributed by atoms with Crippen LogP contribution >= 0.6 is 11.8 Å². The highest BCUT2D eigenvalue weighted by atomic mass is 32.2. The maximum Gasteiger partial charge on any atom is 0.202 e. The van der Waals surface area contributed by atoms with Crippen molar-refractivity contribution >= 4 is 29.5 Å². The van der Waals surface area contributed by atoms with E-state index in [2.05, 4.69) is 89.8 Å². The molecule has 0 saturated carbocycles. The number of Topliss-reactive ketones (excluding diaryl/α,β-unsaturated/α-hetero) is 1. The largest absolute Gasteiger partial charge is 0.487 e. The third-order valence-electron chi connectivity index (χ3n) is 7.13. The molecule has 2 aromatic rings. The fraction of sp³-hybridized carbons (Fsp3) is 0.452. The number of thioether (sulfide) groups is 1. The van der Waals surface area contributed by atoms with Crippen LogP contribution in [0.3, 0.4) is 0 Å². The smallest absolute Gasteiger partial charge is 0.202 e. The predicted octanol–water partition coefficient (Wildman–Crippen LogP) is 5.89. The number of carbonyl (C=O) groups is 1. The van der Waals surface area contributed by atoms with Gasteiger partial charge in [-0.25, -0.2) is 0 Å². The van der Waals surface area contributed by atoms with Gasteiger partial charge in [0.1, 0.15) is 6.67 Å². The van der Waals surface area contributed by atoms with Gasteiger partial charge in [0.05, 0.1) is 30.8 Å². The summed E-state index contributed by atoms with van der Waals surface area (Å²) < 4.78 is 8.80. The third kappa shape index (κ3) is 8.17. The van der Waals surface area contributed by atoms with Crippen LogP contribution in [0.25, 0.3) is 0 Å². The average Bonchev–Trinajstić information content (AvgIpc) is 3.40. The van der Waals surface area contributed by atoms with Crippen molar-refractivity contribution < 1.29 is 9.53 Å². The van der Waals surface area contributed by atoms with Gasteiger partial charge in [-0.15, -0.1) is 4.31 Å². The molecule has 1 heterocycles. The number of ketones is 1. The summed E-state index contributed by atoms with van der Waals surface area (Å²) in [5, 5.41) is 0. The van der Waals surface area contributed by atoms with E-state index < -0.39 is 0 Å². The van der Waals surface area contributed by atoms with E-state index >= 15 is 0 Å². The first-order chi connectivity index (χ1) is 18.2. The van der Waals surface area contributed by atoms with Crippen molar-refractivity contribution in [3.8, 4) is 0 Å². The van der Waals surface area contributed by atoms with E-state index in [1.807, 2.05) is 17.8 Å². The normalized spacial score (nSPS) is 20.8. The zero-order chi connectivity index (χ0) is 25.9. The van der Waals surface area contributed by atoms with Crippen LogP contribution in [0.15, 0.2) is 84.3 Å². The Bertz CT molecular complexity index is 1040. The second kappa shape index (κ2) is 14.7. The molecule has 4 nitrogen and oxygen atoms in total. The lowest BCUT2D eigenvalue weighted by Gasteiger charge is -2.29. The number of hydrogen-bond acceptors (Lipinski definition) is 5. The first-order valence-corrected chi connectivity index (χ1v) is 15.7. The van der Waals surface area contributed by atoms with Crippen LogP contribution < -0.4 is 0 Å². The topological polar surface area (TPSA) is 32.8 Å². The summed E-state index contributed by atoms with van der Waals surface area (Å²) in [5.41, 5.74) is 3.62. The molecule has 198 valence electrons. The number of ether oxygens (including phenoxy) is 1. The Balaban J connectivity index is 1.50. The number of carbonyl (C=O) groups excluding carboxylic acids is 1. The molecule has 0 N–H and O–H groups in total. The van der Waals surface area contributed by atoms with Gasteiger partial charge in [0.15, 0.2) is 11.5 Å². The Hall–Kier alpha value is -2.15. The van der Waals surface area contributed by atoms with Gasteiger partial charge in [-0.05, 0) is 42.6 Å². The molecule has 1 saturated heterocycles. The molecule has 1 aliphatic carbocycles. The Morgan fingerprint density at radius 1 is 1.03 bits per heavy atom. The molecule has 2 aromatic carbocycles. The van der Waals surface area contributed by atoms with E-state index in [0.717, 1.165) is 62.0 Å². The zero-order valence-electron chi connectivity index (χ0n) is 22.2. The molecule has 0 amide bonds. The summed E-state index contributed by atoms with van der Waals surface area (Å²) in [6.45, 7) is 7.67. The molecule has 1 aliphatic heterocycles. The Kier molecular flexibility index (Phi) is 11.1. The van der Waals surface area contributed by atoms with Gasteiger partial charge >= 0.3 is 0 Å². The summed E-state index contributed by atoms with van der Waals surface area (Å²) in [6, 6.07) is 21.2. The molecule has 0 radical (unpaired) electrons. The van der Waals surface area contributed by atoms with E-state index in [4.69, 9.17) is 4.74 Å². The van der Waals surface area contributed by atoms with E-state index in [0.29, 0.717) is 12.4 Å². The Morgan fingerprint density at radius 2 is 1.76 bits per heavy atom. The van der Waals surface area contributed by atoms with Crippen molar-refractivity contribution in [2.75, 3.05) is 37.9 Å². The van der Waals surface area contributed by atoms with Crippen LogP contribution in [0.4, 0.5) is 0 Å². The second-order valence-corrected chi connectivity index (χ2v) is 12.3. The van der Waals surface area contributed by atoms with Crippen LogP contribution in [0, 0.1) is 11.8 Å². The van der Waals surface area contributed by atoms with E-state index in [1.54, 1.807) is 0 Å². The van der Waals surface area contributed by atoms with Crippen LogP contribution in [0.5, 0.6) is 0 Å². The highest BCUT2D eigenvalue weighted by Crippen LogP contribution is 2.31. The van der Waals surface area contributed by atoms with Crippen LogP contribution in [0.2, 0.25) is 0 Å². The average molecular weight is 538 g/mol. The molecular weight excluding hydrogens is 496 g/mol. The van der Waals surface area contributed by atoms with Crippen molar-refractivity contribution in [1.82, 2.24) is 9.21 Å². The van der Waals surface area contributed by atoms with Crippen LogP contribution in [0.1, 0.15) is 37.8 Å².